The van der Waals surface area contributed by atoms with Gasteiger partial charge in [0.2, 0.25) is 0 Å². The average molecular weight is 277 g/mol. The van der Waals surface area contributed by atoms with Gasteiger partial charge in [-0.15, -0.1) is 0 Å². The van der Waals surface area contributed by atoms with E-state index in [1.165, 1.54) is 0 Å². The van der Waals surface area contributed by atoms with E-state index in [0.717, 1.165) is 30.9 Å². The highest BCUT2D eigenvalue weighted by molar-refractivity contribution is 5.47. The molecule has 1 aliphatic heterocycles. The third-order valence-corrected chi connectivity index (χ3v) is 3.66. The van der Waals surface area contributed by atoms with Gasteiger partial charge >= 0.3 is 0 Å². The Kier molecular flexibility index (Phi) is 5.30. The molecule has 0 spiro atoms. The predicted molar refractivity (Wildman–Crippen MR) is 83.4 cm³/mol. The Bertz CT molecular complexity index is 400. The summed E-state index contributed by atoms with van der Waals surface area (Å²) in [5.74, 6) is 1.51. The molecule has 1 aromatic carbocycles. The van der Waals surface area contributed by atoms with Gasteiger partial charge in [-0.2, -0.15) is 0 Å². The largest absolute Gasteiger partial charge is 0.491 e. The molecular weight excluding hydrogens is 250 g/mol. The van der Waals surface area contributed by atoms with Crippen molar-refractivity contribution in [2.75, 3.05) is 11.9 Å². The molecule has 0 saturated carbocycles. The van der Waals surface area contributed by atoms with Crippen molar-refractivity contribution in [3.05, 3.63) is 24.3 Å². The molecule has 0 radical (unpaired) electrons. The molecule has 0 aliphatic carbocycles. The smallest absolute Gasteiger partial charge is 0.119 e. The molecule has 2 unspecified atom stereocenters. The van der Waals surface area contributed by atoms with E-state index >= 15 is 0 Å². The Hall–Kier alpha value is -1.22. The number of nitrogens with one attached hydrogen (secondary N) is 1. The van der Waals surface area contributed by atoms with E-state index in [1.54, 1.807) is 0 Å². The molecular formula is C17H27NO2. The molecule has 112 valence electrons. The molecule has 0 amide bonds. The van der Waals surface area contributed by atoms with E-state index in [4.69, 9.17) is 9.47 Å². The maximum Gasteiger partial charge on any atom is 0.119 e. The first-order chi connectivity index (χ1) is 9.54. The standard InChI is InChI=1S/C17H27NO2/c1-12(2)17-11-15(9-10-19-17)18-14-5-7-16(8-6-14)20-13(3)4/h5-8,12-13,15,17-18H,9-11H2,1-4H3. The van der Waals surface area contributed by atoms with Gasteiger partial charge in [0.05, 0.1) is 12.2 Å². The molecule has 3 nitrogen and oxygen atoms in total. The first-order valence-corrected chi connectivity index (χ1v) is 7.69. The van der Waals surface area contributed by atoms with Gasteiger partial charge in [0.15, 0.2) is 0 Å². The number of ether oxygens (including phenoxy) is 2. The summed E-state index contributed by atoms with van der Waals surface area (Å²) in [5, 5.41) is 3.61. The van der Waals surface area contributed by atoms with Crippen LogP contribution in [0.4, 0.5) is 5.69 Å². The zero-order valence-corrected chi connectivity index (χ0v) is 13.1. The maximum absolute atomic E-state index is 5.81. The summed E-state index contributed by atoms with van der Waals surface area (Å²) in [4.78, 5) is 0. The van der Waals surface area contributed by atoms with Crippen LogP contribution in [0.25, 0.3) is 0 Å². The maximum atomic E-state index is 5.81. The minimum absolute atomic E-state index is 0.219. The number of anilines is 1. The van der Waals surface area contributed by atoms with Crippen molar-refractivity contribution in [1.29, 1.82) is 0 Å². The van der Waals surface area contributed by atoms with Crippen molar-refractivity contribution in [2.24, 2.45) is 5.92 Å². The van der Waals surface area contributed by atoms with Crippen LogP contribution in [0.15, 0.2) is 24.3 Å². The molecule has 2 rings (SSSR count). The summed E-state index contributed by atoms with van der Waals surface area (Å²) in [7, 11) is 0. The van der Waals surface area contributed by atoms with Crippen LogP contribution in [-0.4, -0.2) is 24.9 Å². The van der Waals surface area contributed by atoms with Gasteiger partial charge in [-0.3, -0.25) is 0 Å². The van der Waals surface area contributed by atoms with Crippen molar-refractivity contribution in [3.8, 4) is 5.75 Å². The molecule has 1 N–H and O–H groups in total. The van der Waals surface area contributed by atoms with Gasteiger partial charge in [-0.25, -0.2) is 0 Å². The monoisotopic (exact) mass is 277 g/mol. The van der Waals surface area contributed by atoms with Crippen LogP contribution in [0, 0.1) is 5.92 Å². The molecule has 1 aromatic rings. The first-order valence-electron chi connectivity index (χ1n) is 7.69. The lowest BCUT2D eigenvalue weighted by molar-refractivity contribution is -0.0160. The average Bonchev–Trinajstić information content (AvgIpc) is 2.41. The summed E-state index contributed by atoms with van der Waals surface area (Å²) >= 11 is 0. The number of rotatable bonds is 5. The van der Waals surface area contributed by atoms with Gasteiger partial charge in [0.1, 0.15) is 5.75 Å². The normalized spacial score (nSPS) is 23.1. The number of hydrogen-bond acceptors (Lipinski definition) is 3. The molecule has 20 heavy (non-hydrogen) atoms. The van der Waals surface area contributed by atoms with Gasteiger partial charge in [0.25, 0.3) is 0 Å². The summed E-state index contributed by atoms with van der Waals surface area (Å²) < 4.78 is 11.5. The zero-order chi connectivity index (χ0) is 14.5. The molecule has 1 saturated heterocycles. The van der Waals surface area contributed by atoms with Crippen molar-refractivity contribution >= 4 is 5.69 Å². The van der Waals surface area contributed by atoms with Crippen molar-refractivity contribution in [2.45, 2.75) is 58.8 Å². The molecule has 3 heteroatoms. The highest BCUT2D eigenvalue weighted by atomic mass is 16.5. The number of hydrogen-bond donors (Lipinski definition) is 1. The van der Waals surface area contributed by atoms with E-state index in [1.807, 2.05) is 26.0 Å². The van der Waals surface area contributed by atoms with Gasteiger partial charge in [0, 0.05) is 18.3 Å². The van der Waals surface area contributed by atoms with E-state index in [2.05, 4.69) is 31.3 Å². The fraction of sp³-hybridized carbons (Fsp3) is 0.647. The van der Waals surface area contributed by atoms with E-state index in [0.29, 0.717) is 18.1 Å². The van der Waals surface area contributed by atoms with Crippen LogP contribution >= 0.6 is 0 Å². The van der Waals surface area contributed by atoms with Crippen molar-refractivity contribution < 1.29 is 9.47 Å². The molecule has 1 heterocycles. The second-order valence-corrected chi connectivity index (χ2v) is 6.21. The van der Waals surface area contributed by atoms with Crippen LogP contribution in [-0.2, 0) is 4.74 Å². The summed E-state index contributed by atoms with van der Waals surface area (Å²) in [6.45, 7) is 9.39. The Labute approximate surface area is 122 Å². The van der Waals surface area contributed by atoms with Gasteiger partial charge < -0.3 is 14.8 Å². The molecule has 0 bridgehead atoms. The minimum Gasteiger partial charge on any atom is -0.491 e. The Morgan fingerprint density at radius 3 is 2.45 bits per heavy atom. The second kappa shape index (κ2) is 6.98. The van der Waals surface area contributed by atoms with E-state index < -0.39 is 0 Å². The van der Waals surface area contributed by atoms with Crippen molar-refractivity contribution in [3.63, 3.8) is 0 Å². The molecule has 1 fully saturated rings. The minimum atomic E-state index is 0.219. The van der Waals surface area contributed by atoms with Crippen LogP contribution in [0.1, 0.15) is 40.5 Å². The Balaban J connectivity index is 1.89. The Morgan fingerprint density at radius 1 is 1.15 bits per heavy atom. The molecule has 2 atom stereocenters. The third kappa shape index (κ3) is 4.41. The summed E-state index contributed by atoms with van der Waals surface area (Å²) in [5.41, 5.74) is 1.16. The predicted octanol–water partition coefficient (Wildman–Crippen LogP) is 4.09. The Morgan fingerprint density at radius 2 is 1.85 bits per heavy atom. The highest BCUT2D eigenvalue weighted by Crippen LogP contribution is 2.24. The number of benzene rings is 1. The van der Waals surface area contributed by atoms with Crippen LogP contribution in [0.3, 0.4) is 0 Å². The van der Waals surface area contributed by atoms with Gasteiger partial charge in [-0.05, 0) is 56.9 Å². The van der Waals surface area contributed by atoms with Crippen LogP contribution in [0.2, 0.25) is 0 Å². The lowest BCUT2D eigenvalue weighted by Crippen LogP contribution is -2.36. The van der Waals surface area contributed by atoms with E-state index in [9.17, 15) is 0 Å². The summed E-state index contributed by atoms with van der Waals surface area (Å²) in [6.07, 6.45) is 2.76. The van der Waals surface area contributed by atoms with Crippen LogP contribution < -0.4 is 10.1 Å². The molecule has 1 aliphatic rings. The topological polar surface area (TPSA) is 30.5 Å². The lowest BCUT2D eigenvalue weighted by Gasteiger charge is -2.33. The van der Waals surface area contributed by atoms with Gasteiger partial charge in [-0.1, -0.05) is 13.8 Å². The fourth-order valence-electron chi connectivity index (χ4n) is 2.56. The van der Waals surface area contributed by atoms with Crippen LogP contribution in [0.5, 0.6) is 5.75 Å². The first kappa shape index (κ1) is 15.2. The highest BCUT2D eigenvalue weighted by Gasteiger charge is 2.24. The second-order valence-electron chi connectivity index (χ2n) is 6.21. The quantitative estimate of drug-likeness (QED) is 0.879. The lowest BCUT2D eigenvalue weighted by atomic mass is 9.95. The van der Waals surface area contributed by atoms with E-state index in [-0.39, 0.29) is 6.10 Å². The fourth-order valence-corrected chi connectivity index (χ4v) is 2.56. The molecule has 0 aromatic heterocycles. The van der Waals surface area contributed by atoms with Crippen molar-refractivity contribution in [1.82, 2.24) is 0 Å². The SMILES string of the molecule is CC(C)Oc1ccc(NC2CCOC(C(C)C)C2)cc1. The zero-order valence-electron chi connectivity index (χ0n) is 13.1. The summed E-state index contributed by atoms with van der Waals surface area (Å²) in [6, 6.07) is 8.76. The third-order valence-electron chi connectivity index (χ3n) is 3.66.